The molecule has 0 aliphatic heterocycles. The van der Waals surface area contributed by atoms with E-state index in [-0.39, 0.29) is 18.4 Å². The number of halogens is 1. The zero-order valence-electron chi connectivity index (χ0n) is 14.0. The first kappa shape index (κ1) is 18.7. The van der Waals surface area contributed by atoms with Gasteiger partial charge in [-0.1, -0.05) is 32.0 Å². The molecule has 0 unspecified atom stereocenters. The zero-order chi connectivity index (χ0) is 16.2. The molecule has 128 valence electrons. The molecule has 1 heterocycles. The second kappa shape index (κ2) is 8.47. The van der Waals surface area contributed by atoms with E-state index in [9.17, 15) is 4.79 Å². The van der Waals surface area contributed by atoms with Gasteiger partial charge in [-0.15, -0.1) is 23.7 Å². The fraction of sp³-hybridized carbons (Fsp3) is 0.316. The van der Waals surface area contributed by atoms with E-state index in [4.69, 9.17) is 4.74 Å². The second-order valence-corrected chi connectivity index (χ2v) is 6.56. The number of hydrogen-bond donors (Lipinski definition) is 0. The molecule has 0 aliphatic rings. The third kappa shape index (κ3) is 3.89. The Morgan fingerprint density at radius 2 is 1.75 bits per heavy atom. The highest BCUT2D eigenvalue weighted by molar-refractivity contribution is 7.25. The Hall–Kier alpha value is -1.62. The standard InChI is InChI=1S/C19H21NO2S.ClH/c1-3-20(4-2)11-12-22-19(21)14-9-10-18-16(13-14)15-7-5-6-8-17(15)23-18;/h5-10,13H,3-4,11-12H2,1-2H3;1H. The summed E-state index contributed by atoms with van der Waals surface area (Å²) < 4.78 is 7.87. The van der Waals surface area contributed by atoms with Crippen LogP contribution in [0.2, 0.25) is 0 Å². The van der Waals surface area contributed by atoms with Crippen LogP contribution >= 0.6 is 23.7 Å². The number of carbonyl (C=O) groups is 1. The van der Waals surface area contributed by atoms with Crippen molar-refractivity contribution in [1.29, 1.82) is 0 Å². The van der Waals surface area contributed by atoms with Crippen LogP contribution in [0.25, 0.3) is 20.2 Å². The predicted octanol–water partition coefficient (Wildman–Crippen LogP) is 4.97. The van der Waals surface area contributed by atoms with Gasteiger partial charge in [0.25, 0.3) is 0 Å². The number of likely N-dealkylation sites (N-methyl/N-ethyl adjacent to an activating group) is 1. The molecular formula is C19H22ClNO2S. The molecule has 0 N–H and O–H groups in total. The number of nitrogens with zero attached hydrogens (tertiary/aromatic N) is 1. The minimum Gasteiger partial charge on any atom is -0.461 e. The molecule has 1 aromatic heterocycles. The van der Waals surface area contributed by atoms with Gasteiger partial charge in [-0.2, -0.15) is 0 Å². The largest absolute Gasteiger partial charge is 0.461 e. The lowest BCUT2D eigenvalue weighted by atomic mass is 10.1. The summed E-state index contributed by atoms with van der Waals surface area (Å²) in [5, 5.41) is 2.33. The van der Waals surface area contributed by atoms with E-state index in [0.29, 0.717) is 12.2 Å². The zero-order valence-corrected chi connectivity index (χ0v) is 15.6. The van der Waals surface area contributed by atoms with Crippen molar-refractivity contribution in [2.75, 3.05) is 26.2 Å². The third-order valence-electron chi connectivity index (χ3n) is 4.15. The lowest BCUT2D eigenvalue weighted by Crippen LogP contribution is -2.27. The smallest absolute Gasteiger partial charge is 0.338 e. The fourth-order valence-corrected chi connectivity index (χ4v) is 3.83. The normalized spacial score (nSPS) is 11.0. The van der Waals surface area contributed by atoms with Crippen LogP contribution in [-0.4, -0.2) is 37.1 Å². The Kier molecular flexibility index (Phi) is 6.60. The number of ether oxygens (including phenoxy) is 1. The Morgan fingerprint density at radius 3 is 2.50 bits per heavy atom. The predicted molar refractivity (Wildman–Crippen MR) is 105 cm³/mol. The fourth-order valence-electron chi connectivity index (χ4n) is 2.74. The highest BCUT2D eigenvalue weighted by atomic mass is 35.5. The van der Waals surface area contributed by atoms with Crippen molar-refractivity contribution < 1.29 is 9.53 Å². The van der Waals surface area contributed by atoms with Gasteiger partial charge in [0.2, 0.25) is 0 Å². The van der Waals surface area contributed by atoms with Gasteiger partial charge < -0.3 is 9.64 Å². The Balaban J connectivity index is 0.00000208. The van der Waals surface area contributed by atoms with Crippen LogP contribution in [0.1, 0.15) is 24.2 Å². The van der Waals surface area contributed by atoms with Crippen LogP contribution in [0.15, 0.2) is 42.5 Å². The molecule has 0 atom stereocenters. The SMILES string of the molecule is CCN(CC)CCOC(=O)c1ccc2sc3ccccc3c2c1.Cl. The Morgan fingerprint density at radius 1 is 1.04 bits per heavy atom. The topological polar surface area (TPSA) is 29.5 Å². The van der Waals surface area contributed by atoms with Gasteiger partial charge >= 0.3 is 5.97 Å². The average molecular weight is 364 g/mol. The summed E-state index contributed by atoms with van der Waals surface area (Å²) in [6.07, 6.45) is 0. The number of carbonyl (C=O) groups excluding carboxylic acids is 1. The van der Waals surface area contributed by atoms with Gasteiger partial charge in [0.05, 0.1) is 5.56 Å². The van der Waals surface area contributed by atoms with Gasteiger partial charge in [0, 0.05) is 26.7 Å². The maximum absolute atomic E-state index is 12.3. The second-order valence-electron chi connectivity index (χ2n) is 5.47. The highest BCUT2D eigenvalue weighted by Gasteiger charge is 2.11. The van der Waals surface area contributed by atoms with Gasteiger partial charge in [0.1, 0.15) is 6.61 Å². The van der Waals surface area contributed by atoms with Crippen LogP contribution in [-0.2, 0) is 4.74 Å². The van der Waals surface area contributed by atoms with Crippen molar-refractivity contribution in [2.24, 2.45) is 0 Å². The maximum atomic E-state index is 12.3. The van der Waals surface area contributed by atoms with Crippen molar-refractivity contribution in [3.8, 4) is 0 Å². The van der Waals surface area contributed by atoms with E-state index in [1.807, 2.05) is 30.3 Å². The summed E-state index contributed by atoms with van der Waals surface area (Å²) in [5.41, 5.74) is 0.626. The summed E-state index contributed by atoms with van der Waals surface area (Å²) in [4.78, 5) is 14.5. The quantitative estimate of drug-likeness (QED) is 0.579. The molecule has 0 radical (unpaired) electrons. The molecule has 0 fully saturated rings. The van der Waals surface area contributed by atoms with Gasteiger partial charge in [-0.05, 0) is 37.4 Å². The summed E-state index contributed by atoms with van der Waals surface area (Å²) in [7, 11) is 0. The van der Waals surface area contributed by atoms with Crippen LogP contribution in [0.3, 0.4) is 0 Å². The average Bonchev–Trinajstić information content (AvgIpc) is 2.96. The first-order valence-corrected chi connectivity index (χ1v) is 8.85. The number of hydrogen-bond acceptors (Lipinski definition) is 4. The molecule has 3 aromatic rings. The van der Waals surface area contributed by atoms with Crippen molar-refractivity contribution in [2.45, 2.75) is 13.8 Å². The lowest BCUT2D eigenvalue weighted by Gasteiger charge is -2.17. The summed E-state index contributed by atoms with van der Waals surface area (Å²) >= 11 is 1.75. The molecule has 0 saturated heterocycles. The summed E-state index contributed by atoms with van der Waals surface area (Å²) in [6.45, 7) is 7.38. The van der Waals surface area contributed by atoms with Gasteiger partial charge in [-0.3, -0.25) is 0 Å². The first-order chi connectivity index (χ1) is 11.2. The van der Waals surface area contributed by atoms with Gasteiger partial charge in [0.15, 0.2) is 0 Å². The van der Waals surface area contributed by atoms with Crippen LogP contribution < -0.4 is 0 Å². The molecule has 0 amide bonds. The van der Waals surface area contributed by atoms with Crippen molar-refractivity contribution in [3.63, 3.8) is 0 Å². The lowest BCUT2D eigenvalue weighted by molar-refractivity contribution is 0.0466. The van der Waals surface area contributed by atoms with Crippen LogP contribution in [0, 0.1) is 0 Å². The molecule has 5 heteroatoms. The van der Waals surface area contributed by atoms with E-state index >= 15 is 0 Å². The molecule has 0 bridgehead atoms. The summed E-state index contributed by atoms with van der Waals surface area (Å²) in [5.74, 6) is -0.241. The summed E-state index contributed by atoms with van der Waals surface area (Å²) in [6, 6.07) is 14.1. The Labute approximate surface area is 152 Å². The first-order valence-electron chi connectivity index (χ1n) is 8.03. The molecular weight excluding hydrogens is 342 g/mol. The molecule has 3 nitrogen and oxygen atoms in total. The van der Waals surface area contributed by atoms with Gasteiger partial charge in [-0.25, -0.2) is 4.79 Å². The Bertz CT molecular complexity index is 826. The van der Waals surface area contributed by atoms with E-state index in [0.717, 1.165) is 25.0 Å². The van der Waals surface area contributed by atoms with E-state index in [2.05, 4.69) is 30.9 Å². The molecule has 24 heavy (non-hydrogen) atoms. The monoisotopic (exact) mass is 363 g/mol. The minimum absolute atomic E-state index is 0. The van der Waals surface area contributed by atoms with E-state index in [1.165, 1.54) is 14.8 Å². The van der Waals surface area contributed by atoms with Crippen molar-refractivity contribution in [1.82, 2.24) is 4.90 Å². The molecule has 2 aromatic carbocycles. The highest BCUT2D eigenvalue weighted by Crippen LogP contribution is 2.34. The molecule has 3 rings (SSSR count). The number of fused-ring (bicyclic) bond motifs is 3. The minimum atomic E-state index is -0.241. The molecule has 0 saturated carbocycles. The van der Waals surface area contributed by atoms with E-state index < -0.39 is 0 Å². The van der Waals surface area contributed by atoms with Crippen LogP contribution in [0.4, 0.5) is 0 Å². The molecule has 0 spiro atoms. The maximum Gasteiger partial charge on any atom is 0.338 e. The third-order valence-corrected chi connectivity index (χ3v) is 5.30. The van der Waals surface area contributed by atoms with Crippen molar-refractivity contribution in [3.05, 3.63) is 48.0 Å². The van der Waals surface area contributed by atoms with E-state index in [1.54, 1.807) is 11.3 Å². The number of thiophene rings is 1. The molecule has 0 aliphatic carbocycles. The number of benzene rings is 2. The van der Waals surface area contributed by atoms with Crippen molar-refractivity contribution >= 4 is 49.9 Å². The number of rotatable bonds is 6. The number of esters is 1. The van der Waals surface area contributed by atoms with Crippen LogP contribution in [0.5, 0.6) is 0 Å².